The van der Waals surface area contributed by atoms with Crippen molar-refractivity contribution in [1.82, 2.24) is 9.97 Å². The minimum Gasteiger partial charge on any atom is -0.478 e. The summed E-state index contributed by atoms with van der Waals surface area (Å²) in [6, 6.07) is 8.04. The number of aryl methyl sites for hydroxylation is 2. The van der Waals surface area contributed by atoms with Crippen LogP contribution in [0, 0.1) is 13.8 Å². The highest BCUT2D eigenvalue weighted by Crippen LogP contribution is 2.23. The Hall–Kier alpha value is -2.43. The van der Waals surface area contributed by atoms with Crippen molar-refractivity contribution in [3.8, 4) is 0 Å². The molecule has 2 aromatic rings. The molecule has 0 aliphatic rings. The summed E-state index contributed by atoms with van der Waals surface area (Å²) >= 11 is 0. The van der Waals surface area contributed by atoms with Crippen LogP contribution in [0.3, 0.4) is 0 Å². The third kappa shape index (κ3) is 2.77. The van der Waals surface area contributed by atoms with Crippen molar-refractivity contribution in [2.45, 2.75) is 20.8 Å². The molecule has 0 bridgehead atoms. The van der Waals surface area contributed by atoms with Gasteiger partial charge in [0, 0.05) is 18.4 Å². The van der Waals surface area contributed by atoms with Gasteiger partial charge in [0.05, 0.1) is 11.3 Å². The smallest absolute Gasteiger partial charge is 0.339 e. The summed E-state index contributed by atoms with van der Waals surface area (Å²) in [4.78, 5) is 21.4. The third-order valence-electron chi connectivity index (χ3n) is 3.07. The predicted octanol–water partition coefficient (Wildman–Crippen LogP) is 2.95. The normalized spacial score (nSPS) is 10.3. The van der Waals surface area contributed by atoms with Gasteiger partial charge in [0.2, 0.25) is 5.95 Å². The highest BCUT2D eigenvalue weighted by Gasteiger charge is 2.14. The van der Waals surface area contributed by atoms with Gasteiger partial charge >= 0.3 is 5.97 Å². The minimum atomic E-state index is -1.01. The van der Waals surface area contributed by atoms with Gasteiger partial charge < -0.3 is 10.0 Å². The lowest BCUT2D eigenvalue weighted by atomic mass is 10.2. The number of aromatic nitrogens is 2. The Labute approximate surface area is 117 Å². The van der Waals surface area contributed by atoms with Gasteiger partial charge in [0.1, 0.15) is 0 Å². The average molecular weight is 271 g/mol. The molecule has 0 saturated heterocycles. The van der Waals surface area contributed by atoms with E-state index in [0.29, 0.717) is 18.2 Å². The molecule has 0 saturated carbocycles. The number of aromatic carboxylic acids is 1. The van der Waals surface area contributed by atoms with Crippen molar-refractivity contribution in [1.29, 1.82) is 0 Å². The van der Waals surface area contributed by atoms with Gasteiger partial charge in [-0.15, -0.1) is 0 Å². The number of carboxylic acids is 1. The van der Waals surface area contributed by atoms with E-state index in [9.17, 15) is 4.79 Å². The minimum absolute atomic E-state index is 0.133. The zero-order valence-electron chi connectivity index (χ0n) is 11.8. The van der Waals surface area contributed by atoms with E-state index >= 15 is 0 Å². The number of hydrogen-bond donors (Lipinski definition) is 1. The second-order valence-electron chi connectivity index (χ2n) is 4.56. The van der Waals surface area contributed by atoms with Gasteiger partial charge in [-0.2, -0.15) is 0 Å². The zero-order valence-corrected chi connectivity index (χ0v) is 11.8. The van der Waals surface area contributed by atoms with Gasteiger partial charge in [-0.1, -0.05) is 12.1 Å². The van der Waals surface area contributed by atoms with Crippen LogP contribution < -0.4 is 4.90 Å². The number of rotatable bonds is 4. The van der Waals surface area contributed by atoms with Crippen molar-refractivity contribution in [3.05, 3.63) is 47.3 Å². The number of benzene rings is 1. The molecule has 2 rings (SSSR count). The van der Waals surface area contributed by atoms with E-state index in [4.69, 9.17) is 5.11 Å². The molecule has 5 nitrogen and oxygen atoms in total. The molecule has 1 heterocycles. The molecule has 0 atom stereocenters. The van der Waals surface area contributed by atoms with E-state index in [1.54, 1.807) is 6.92 Å². The standard InChI is InChI=1S/C15H17N3O2/c1-4-18(12-7-5-6-10(2)8-12)15-16-9-13(14(19)20)11(3)17-15/h5-9H,4H2,1-3H3,(H,19,20). The van der Waals surface area contributed by atoms with E-state index in [0.717, 1.165) is 11.3 Å². The fourth-order valence-electron chi connectivity index (χ4n) is 2.03. The summed E-state index contributed by atoms with van der Waals surface area (Å²) in [5, 5.41) is 9.01. The van der Waals surface area contributed by atoms with Crippen molar-refractivity contribution >= 4 is 17.6 Å². The molecule has 104 valence electrons. The third-order valence-corrected chi connectivity index (χ3v) is 3.07. The topological polar surface area (TPSA) is 66.3 Å². The Balaban J connectivity index is 2.42. The van der Waals surface area contributed by atoms with E-state index < -0.39 is 5.97 Å². The predicted molar refractivity (Wildman–Crippen MR) is 77.6 cm³/mol. The first-order valence-electron chi connectivity index (χ1n) is 6.44. The van der Waals surface area contributed by atoms with Crippen LogP contribution in [0.15, 0.2) is 30.5 Å². The summed E-state index contributed by atoms with van der Waals surface area (Å²) < 4.78 is 0. The largest absolute Gasteiger partial charge is 0.478 e. The molecule has 1 N–H and O–H groups in total. The molecule has 20 heavy (non-hydrogen) atoms. The summed E-state index contributed by atoms with van der Waals surface area (Å²) in [6.07, 6.45) is 1.36. The molecule has 0 spiro atoms. The van der Waals surface area contributed by atoms with Gasteiger partial charge in [0.25, 0.3) is 0 Å². The summed E-state index contributed by atoms with van der Waals surface area (Å²) in [5.41, 5.74) is 2.75. The Kier molecular flexibility index (Phi) is 3.98. The van der Waals surface area contributed by atoms with Crippen LogP contribution in [-0.4, -0.2) is 27.6 Å². The molecule has 0 radical (unpaired) electrons. The van der Waals surface area contributed by atoms with Crippen molar-refractivity contribution < 1.29 is 9.90 Å². The maximum absolute atomic E-state index is 11.0. The number of carboxylic acid groups (broad SMARTS) is 1. The maximum Gasteiger partial charge on any atom is 0.339 e. The Bertz CT molecular complexity index is 641. The average Bonchev–Trinajstić information content (AvgIpc) is 2.39. The second-order valence-corrected chi connectivity index (χ2v) is 4.56. The van der Waals surface area contributed by atoms with Gasteiger partial charge in [-0.3, -0.25) is 0 Å². The van der Waals surface area contributed by atoms with Crippen LogP contribution in [0.1, 0.15) is 28.5 Å². The SMILES string of the molecule is CCN(c1cccc(C)c1)c1ncc(C(=O)O)c(C)n1. The van der Waals surface area contributed by atoms with Gasteiger partial charge in [-0.25, -0.2) is 14.8 Å². The number of carbonyl (C=O) groups is 1. The monoisotopic (exact) mass is 271 g/mol. The Morgan fingerprint density at radius 1 is 1.35 bits per heavy atom. The highest BCUT2D eigenvalue weighted by atomic mass is 16.4. The first kappa shape index (κ1) is 14.0. The molecule has 1 aromatic carbocycles. The first-order chi connectivity index (χ1) is 9.52. The number of hydrogen-bond acceptors (Lipinski definition) is 4. The lowest BCUT2D eigenvalue weighted by Gasteiger charge is -2.21. The molecule has 0 amide bonds. The van der Waals surface area contributed by atoms with Crippen LogP contribution in [0.4, 0.5) is 11.6 Å². The van der Waals surface area contributed by atoms with Crippen molar-refractivity contribution in [3.63, 3.8) is 0 Å². The van der Waals surface area contributed by atoms with Crippen LogP contribution in [0.5, 0.6) is 0 Å². The molecule has 0 aliphatic carbocycles. The molecular formula is C15H17N3O2. The maximum atomic E-state index is 11.0. The lowest BCUT2D eigenvalue weighted by Crippen LogP contribution is -2.20. The van der Waals surface area contributed by atoms with Crippen LogP contribution in [-0.2, 0) is 0 Å². The highest BCUT2D eigenvalue weighted by molar-refractivity contribution is 5.88. The second kappa shape index (κ2) is 5.69. The van der Waals surface area contributed by atoms with E-state index in [-0.39, 0.29) is 5.56 Å². The van der Waals surface area contributed by atoms with Gasteiger partial charge in [0.15, 0.2) is 0 Å². The Morgan fingerprint density at radius 3 is 2.65 bits per heavy atom. The molecule has 1 aromatic heterocycles. The number of anilines is 2. The fourth-order valence-corrected chi connectivity index (χ4v) is 2.03. The lowest BCUT2D eigenvalue weighted by molar-refractivity contribution is 0.0695. The van der Waals surface area contributed by atoms with E-state index in [2.05, 4.69) is 9.97 Å². The number of nitrogens with zero attached hydrogens (tertiary/aromatic N) is 3. The van der Waals surface area contributed by atoms with E-state index in [1.807, 2.05) is 43.0 Å². The molecule has 5 heteroatoms. The fraction of sp³-hybridized carbons (Fsp3) is 0.267. The van der Waals surface area contributed by atoms with Crippen LogP contribution in [0.25, 0.3) is 0 Å². The molecule has 0 aliphatic heterocycles. The molecule has 0 unspecified atom stereocenters. The van der Waals surface area contributed by atoms with Crippen LogP contribution >= 0.6 is 0 Å². The molecule has 0 fully saturated rings. The van der Waals surface area contributed by atoms with E-state index in [1.165, 1.54) is 6.20 Å². The van der Waals surface area contributed by atoms with Gasteiger partial charge in [-0.05, 0) is 38.5 Å². The molecular weight excluding hydrogens is 254 g/mol. The summed E-state index contributed by atoms with van der Waals surface area (Å²) in [5.74, 6) is -0.492. The first-order valence-corrected chi connectivity index (χ1v) is 6.44. The van der Waals surface area contributed by atoms with Crippen molar-refractivity contribution in [2.75, 3.05) is 11.4 Å². The summed E-state index contributed by atoms with van der Waals surface area (Å²) in [7, 11) is 0. The quantitative estimate of drug-likeness (QED) is 0.926. The Morgan fingerprint density at radius 2 is 2.10 bits per heavy atom. The van der Waals surface area contributed by atoms with Crippen molar-refractivity contribution in [2.24, 2.45) is 0 Å². The zero-order chi connectivity index (χ0) is 14.7. The summed E-state index contributed by atoms with van der Waals surface area (Å²) in [6.45, 7) is 6.41. The van der Waals surface area contributed by atoms with Crippen LogP contribution in [0.2, 0.25) is 0 Å².